The van der Waals surface area contributed by atoms with Gasteiger partial charge in [0.05, 0.1) is 18.1 Å². The van der Waals surface area contributed by atoms with Gasteiger partial charge in [0.15, 0.2) is 5.60 Å². The Morgan fingerprint density at radius 1 is 1.17 bits per heavy atom. The minimum Gasteiger partial charge on any atom is -0.490 e. The first-order chi connectivity index (χ1) is 14.2. The van der Waals surface area contributed by atoms with Gasteiger partial charge >= 0.3 is 6.18 Å². The van der Waals surface area contributed by atoms with E-state index in [1.165, 1.54) is 12.4 Å². The van der Waals surface area contributed by atoms with E-state index >= 15 is 0 Å². The smallest absolute Gasteiger partial charge is 0.417 e. The maximum Gasteiger partial charge on any atom is 0.417 e. The molecule has 0 bridgehead atoms. The first kappa shape index (κ1) is 20.6. The molecule has 1 aliphatic carbocycles. The summed E-state index contributed by atoms with van der Waals surface area (Å²) in [5.41, 5.74) is -2.10. The number of ether oxygens (including phenoxy) is 1. The van der Waals surface area contributed by atoms with E-state index in [-0.39, 0.29) is 18.1 Å². The number of nitrogens with one attached hydrogen (secondary N) is 1. The number of pyridine rings is 1. The molecule has 0 saturated heterocycles. The van der Waals surface area contributed by atoms with Gasteiger partial charge in [0.2, 0.25) is 5.28 Å². The van der Waals surface area contributed by atoms with Crippen molar-refractivity contribution in [1.82, 2.24) is 15.0 Å². The van der Waals surface area contributed by atoms with Crippen LogP contribution in [0.25, 0.3) is 10.8 Å². The Morgan fingerprint density at radius 2 is 1.93 bits per heavy atom. The predicted octanol–water partition coefficient (Wildman–Crippen LogP) is 5.04. The molecule has 3 aromatic rings. The molecule has 2 aromatic heterocycles. The van der Waals surface area contributed by atoms with Crippen LogP contribution in [0.5, 0.6) is 5.75 Å². The Kier molecular flexibility index (Phi) is 5.42. The maximum atomic E-state index is 13.2. The number of benzene rings is 1. The molecule has 6 nitrogen and oxygen atoms in total. The fourth-order valence-electron chi connectivity index (χ4n) is 3.60. The molecule has 0 amide bonds. The van der Waals surface area contributed by atoms with Crippen LogP contribution >= 0.6 is 11.6 Å². The number of rotatable bonds is 4. The van der Waals surface area contributed by atoms with Crippen molar-refractivity contribution in [3.8, 4) is 5.75 Å². The second-order valence-corrected chi connectivity index (χ2v) is 7.61. The molecule has 2 unspecified atom stereocenters. The normalized spacial score (nSPS) is 22.1. The summed E-state index contributed by atoms with van der Waals surface area (Å²) in [5.74, 6) is 1.000. The molecule has 10 heteroatoms. The number of halogens is 4. The highest BCUT2D eigenvalue weighted by molar-refractivity contribution is 6.28. The van der Waals surface area contributed by atoms with Crippen molar-refractivity contribution in [2.45, 2.75) is 43.6 Å². The number of aromatic nitrogens is 3. The van der Waals surface area contributed by atoms with E-state index in [0.29, 0.717) is 23.7 Å². The third-order valence-electron chi connectivity index (χ3n) is 5.13. The standard InChI is InChI=1S/C20H18ClF3N4O2/c21-18-26-10-13(11-27-18)28-17-16-4-3-14(8-12(16)5-7-25-17)30-15-2-1-6-19(29,9-15)20(22,23)24/h3-5,7-8,10-11,15,29H,1-2,6,9H2,(H,25,28). The SMILES string of the molecule is OC1(C(F)(F)F)CCCC(Oc2ccc3c(Nc4cnc(Cl)nc4)nccc3c2)C1. The summed E-state index contributed by atoms with van der Waals surface area (Å²) in [5, 5.41) is 14.8. The van der Waals surface area contributed by atoms with E-state index in [0.717, 1.165) is 10.8 Å². The van der Waals surface area contributed by atoms with Crippen LogP contribution in [0, 0.1) is 0 Å². The summed E-state index contributed by atoms with van der Waals surface area (Å²) in [7, 11) is 0. The van der Waals surface area contributed by atoms with Gasteiger partial charge in [-0.1, -0.05) is 0 Å². The summed E-state index contributed by atoms with van der Waals surface area (Å²) >= 11 is 5.69. The highest BCUT2D eigenvalue weighted by Crippen LogP contribution is 2.42. The number of hydrogen-bond acceptors (Lipinski definition) is 6. The van der Waals surface area contributed by atoms with Gasteiger partial charge in [-0.3, -0.25) is 0 Å². The Morgan fingerprint density at radius 3 is 2.67 bits per heavy atom. The Hall–Kier alpha value is -2.65. The van der Waals surface area contributed by atoms with Crippen molar-refractivity contribution in [2.24, 2.45) is 0 Å². The minimum atomic E-state index is -4.67. The van der Waals surface area contributed by atoms with Crippen LogP contribution in [0.3, 0.4) is 0 Å². The second-order valence-electron chi connectivity index (χ2n) is 7.27. The largest absolute Gasteiger partial charge is 0.490 e. The van der Waals surface area contributed by atoms with Crippen LogP contribution in [0.15, 0.2) is 42.9 Å². The van der Waals surface area contributed by atoms with Crippen LogP contribution in [0.2, 0.25) is 5.28 Å². The Balaban J connectivity index is 1.53. The van der Waals surface area contributed by atoms with Crippen molar-refractivity contribution < 1.29 is 23.0 Å². The van der Waals surface area contributed by atoms with E-state index in [1.807, 2.05) is 0 Å². The first-order valence-electron chi connectivity index (χ1n) is 9.33. The lowest BCUT2D eigenvalue weighted by atomic mass is 9.82. The molecular weight excluding hydrogens is 421 g/mol. The molecule has 0 radical (unpaired) electrons. The van der Waals surface area contributed by atoms with Gasteiger partial charge in [-0.25, -0.2) is 15.0 Å². The zero-order valence-electron chi connectivity index (χ0n) is 15.7. The van der Waals surface area contributed by atoms with Gasteiger partial charge in [0, 0.05) is 18.0 Å². The molecular formula is C20H18ClF3N4O2. The molecule has 158 valence electrons. The average molecular weight is 439 g/mol. The molecule has 1 fully saturated rings. The molecule has 0 spiro atoms. The van der Waals surface area contributed by atoms with Crippen molar-refractivity contribution in [1.29, 1.82) is 0 Å². The summed E-state index contributed by atoms with van der Waals surface area (Å²) in [4.78, 5) is 12.1. The summed E-state index contributed by atoms with van der Waals surface area (Å²) in [6.07, 6.45) is -0.808. The monoisotopic (exact) mass is 438 g/mol. The Bertz CT molecular complexity index is 1050. The number of anilines is 2. The molecule has 0 aliphatic heterocycles. The summed E-state index contributed by atoms with van der Waals surface area (Å²) in [6.45, 7) is 0. The van der Waals surface area contributed by atoms with E-state index in [2.05, 4.69) is 20.3 Å². The van der Waals surface area contributed by atoms with Crippen molar-refractivity contribution in [2.75, 3.05) is 5.32 Å². The zero-order chi connectivity index (χ0) is 21.4. The number of alkyl halides is 3. The fourth-order valence-corrected chi connectivity index (χ4v) is 3.69. The number of hydrogen-bond donors (Lipinski definition) is 2. The molecule has 30 heavy (non-hydrogen) atoms. The zero-order valence-corrected chi connectivity index (χ0v) is 16.4. The number of nitrogens with zero attached hydrogens (tertiary/aromatic N) is 3. The van der Waals surface area contributed by atoms with E-state index in [4.69, 9.17) is 16.3 Å². The topological polar surface area (TPSA) is 80.2 Å². The van der Waals surface area contributed by atoms with Crippen LogP contribution in [-0.4, -0.2) is 37.9 Å². The fraction of sp³-hybridized carbons (Fsp3) is 0.350. The second kappa shape index (κ2) is 7.88. The van der Waals surface area contributed by atoms with Crippen molar-refractivity contribution in [3.63, 3.8) is 0 Å². The average Bonchev–Trinajstić information content (AvgIpc) is 2.69. The van der Waals surface area contributed by atoms with Gasteiger partial charge in [-0.05, 0) is 60.5 Å². The van der Waals surface area contributed by atoms with Gasteiger partial charge < -0.3 is 15.2 Å². The van der Waals surface area contributed by atoms with Gasteiger partial charge in [0.1, 0.15) is 17.7 Å². The van der Waals surface area contributed by atoms with Crippen LogP contribution in [0.1, 0.15) is 25.7 Å². The lowest BCUT2D eigenvalue weighted by Crippen LogP contribution is -2.50. The highest BCUT2D eigenvalue weighted by Gasteiger charge is 2.55. The summed E-state index contributed by atoms with van der Waals surface area (Å²) in [6, 6.07) is 6.96. The summed E-state index contributed by atoms with van der Waals surface area (Å²) < 4.78 is 45.3. The van der Waals surface area contributed by atoms with Crippen LogP contribution in [-0.2, 0) is 0 Å². The third-order valence-corrected chi connectivity index (χ3v) is 5.33. The number of fused-ring (bicyclic) bond motifs is 1. The Labute approximate surface area is 175 Å². The third kappa shape index (κ3) is 4.27. The molecule has 1 aliphatic rings. The van der Waals surface area contributed by atoms with Gasteiger partial charge in [-0.2, -0.15) is 13.2 Å². The highest BCUT2D eigenvalue weighted by atomic mass is 35.5. The lowest BCUT2D eigenvalue weighted by Gasteiger charge is -2.37. The van der Waals surface area contributed by atoms with Crippen LogP contribution in [0.4, 0.5) is 24.7 Å². The van der Waals surface area contributed by atoms with Crippen molar-refractivity contribution >= 4 is 33.9 Å². The first-order valence-corrected chi connectivity index (χ1v) is 9.70. The number of aliphatic hydroxyl groups is 1. The van der Waals surface area contributed by atoms with E-state index in [9.17, 15) is 18.3 Å². The quantitative estimate of drug-likeness (QED) is 0.556. The molecule has 1 saturated carbocycles. The lowest BCUT2D eigenvalue weighted by molar-refractivity contribution is -0.276. The minimum absolute atomic E-state index is 0.133. The van der Waals surface area contributed by atoms with E-state index in [1.54, 1.807) is 30.5 Å². The van der Waals surface area contributed by atoms with Crippen molar-refractivity contribution in [3.05, 3.63) is 48.1 Å². The van der Waals surface area contributed by atoms with E-state index < -0.39 is 24.3 Å². The molecule has 2 N–H and O–H groups in total. The molecule has 4 rings (SSSR count). The molecule has 2 heterocycles. The molecule has 1 aromatic carbocycles. The maximum absolute atomic E-state index is 13.2. The predicted molar refractivity (Wildman–Crippen MR) is 106 cm³/mol. The van der Waals surface area contributed by atoms with Gasteiger partial charge in [-0.15, -0.1) is 0 Å². The van der Waals surface area contributed by atoms with Crippen LogP contribution < -0.4 is 10.1 Å². The van der Waals surface area contributed by atoms with Gasteiger partial charge in [0.25, 0.3) is 0 Å². The molecule has 2 atom stereocenters.